The van der Waals surface area contributed by atoms with Gasteiger partial charge in [-0.25, -0.2) is 0 Å². The summed E-state index contributed by atoms with van der Waals surface area (Å²) in [5, 5.41) is 7.07. The van der Waals surface area contributed by atoms with Crippen LogP contribution in [0.5, 0.6) is 0 Å². The maximum absolute atomic E-state index is 5.16. The number of nitrogens with zero attached hydrogens (tertiary/aromatic N) is 3. The summed E-state index contributed by atoms with van der Waals surface area (Å²) in [7, 11) is 4.11. The highest BCUT2D eigenvalue weighted by Gasteiger charge is 2.08. The highest BCUT2D eigenvalue weighted by atomic mass is 32.1. The Labute approximate surface area is 89.9 Å². The Morgan fingerprint density at radius 1 is 1.50 bits per heavy atom. The van der Waals surface area contributed by atoms with Gasteiger partial charge >= 0.3 is 0 Å². The van der Waals surface area contributed by atoms with Gasteiger partial charge in [-0.3, -0.25) is 5.10 Å². The molecule has 0 aromatic carbocycles. The average molecular weight is 214 g/mol. The van der Waals surface area contributed by atoms with Crippen LogP contribution in [0.1, 0.15) is 25.7 Å². The zero-order valence-corrected chi connectivity index (χ0v) is 10.1. The van der Waals surface area contributed by atoms with Crippen molar-refractivity contribution in [2.75, 3.05) is 20.6 Å². The SMILES string of the molecule is CC(C)n1c(CCN(C)C)n[nH]c1=S. The third-order valence-corrected chi connectivity index (χ3v) is 2.36. The molecule has 0 aliphatic carbocycles. The molecule has 5 heteroatoms. The fraction of sp³-hybridized carbons (Fsp3) is 0.778. The molecule has 1 N–H and O–H groups in total. The van der Waals surface area contributed by atoms with Crippen molar-refractivity contribution in [3.8, 4) is 0 Å². The molecule has 0 saturated heterocycles. The number of aromatic nitrogens is 3. The highest BCUT2D eigenvalue weighted by molar-refractivity contribution is 7.71. The van der Waals surface area contributed by atoms with Crippen LogP contribution in [-0.4, -0.2) is 40.3 Å². The Balaban J connectivity index is 2.81. The molecule has 1 heterocycles. The largest absolute Gasteiger partial charge is 0.309 e. The third kappa shape index (κ3) is 2.65. The van der Waals surface area contributed by atoms with Crippen molar-refractivity contribution >= 4 is 12.2 Å². The van der Waals surface area contributed by atoms with Crippen molar-refractivity contribution < 1.29 is 0 Å². The van der Waals surface area contributed by atoms with E-state index in [0.29, 0.717) is 10.8 Å². The molecule has 4 nitrogen and oxygen atoms in total. The van der Waals surface area contributed by atoms with Crippen molar-refractivity contribution in [1.29, 1.82) is 0 Å². The standard InChI is InChI=1S/C9H18N4S/c1-7(2)13-8(5-6-12(3)4)10-11-9(13)14/h7H,5-6H2,1-4H3,(H,11,14). The van der Waals surface area contributed by atoms with Crippen LogP contribution in [0.2, 0.25) is 0 Å². The van der Waals surface area contributed by atoms with Gasteiger partial charge in [-0.2, -0.15) is 5.10 Å². The zero-order valence-electron chi connectivity index (χ0n) is 9.24. The number of hydrogen-bond acceptors (Lipinski definition) is 3. The third-order valence-electron chi connectivity index (χ3n) is 2.08. The van der Waals surface area contributed by atoms with Crippen LogP contribution in [0.15, 0.2) is 0 Å². The van der Waals surface area contributed by atoms with E-state index in [1.165, 1.54) is 0 Å². The van der Waals surface area contributed by atoms with E-state index in [4.69, 9.17) is 12.2 Å². The Bertz CT molecular complexity index is 337. The summed E-state index contributed by atoms with van der Waals surface area (Å²) in [6, 6.07) is 0.374. The number of rotatable bonds is 4. The molecule has 0 atom stereocenters. The molecule has 1 rings (SSSR count). The minimum Gasteiger partial charge on any atom is -0.309 e. The van der Waals surface area contributed by atoms with Gasteiger partial charge in [0.2, 0.25) is 0 Å². The number of hydrogen-bond donors (Lipinski definition) is 1. The van der Waals surface area contributed by atoms with Gasteiger partial charge in [-0.1, -0.05) is 0 Å². The first-order valence-electron chi connectivity index (χ1n) is 4.83. The fourth-order valence-electron chi connectivity index (χ4n) is 1.37. The maximum atomic E-state index is 5.16. The number of nitrogens with one attached hydrogen (secondary N) is 1. The Morgan fingerprint density at radius 3 is 2.64 bits per heavy atom. The lowest BCUT2D eigenvalue weighted by atomic mass is 10.3. The lowest BCUT2D eigenvalue weighted by Gasteiger charge is -2.12. The molecule has 0 saturated carbocycles. The zero-order chi connectivity index (χ0) is 10.7. The van der Waals surface area contributed by atoms with E-state index in [1.807, 2.05) is 0 Å². The molecule has 0 unspecified atom stereocenters. The van der Waals surface area contributed by atoms with Gasteiger partial charge in [-0.15, -0.1) is 0 Å². The van der Waals surface area contributed by atoms with Crippen LogP contribution < -0.4 is 0 Å². The van der Waals surface area contributed by atoms with E-state index in [0.717, 1.165) is 18.8 Å². The van der Waals surface area contributed by atoms with Gasteiger partial charge in [-0.05, 0) is 40.2 Å². The fourth-order valence-corrected chi connectivity index (χ4v) is 1.73. The molecule has 0 fully saturated rings. The molecule has 0 spiro atoms. The summed E-state index contributed by atoms with van der Waals surface area (Å²) in [6.07, 6.45) is 0.929. The van der Waals surface area contributed by atoms with Gasteiger partial charge in [0.05, 0.1) is 0 Å². The van der Waals surface area contributed by atoms with Crippen molar-refractivity contribution in [3.63, 3.8) is 0 Å². The molecule has 0 amide bonds. The van der Waals surface area contributed by atoms with Gasteiger partial charge in [0.25, 0.3) is 0 Å². The lowest BCUT2D eigenvalue weighted by Crippen LogP contribution is -2.18. The molecular formula is C9H18N4S. The van der Waals surface area contributed by atoms with Crippen LogP contribution in [0.4, 0.5) is 0 Å². The van der Waals surface area contributed by atoms with Crippen molar-refractivity contribution in [2.24, 2.45) is 0 Å². The molecule has 14 heavy (non-hydrogen) atoms. The van der Waals surface area contributed by atoms with Crippen LogP contribution >= 0.6 is 12.2 Å². The molecule has 0 bridgehead atoms. The summed E-state index contributed by atoms with van der Waals surface area (Å²) >= 11 is 5.16. The Morgan fingerprint density at radius 2 is 2.14 bits per heavy atom. The van der Waals surface area contributed by atoms with Crippen LogP contribution in [-0.2, 0) is 6.42 Å². The number of aromatic amines is 1. The predicted octanol–water partition coefficient (Wildman–Crippen LogP) is 1.63. The number of likely N-dealkylation sites (N-methyl/N-ethyl adjacent to an activating group) is 1. The number of H-pyrrole nitrogens is 1. The predicted molar refractivity (Wildman–Crippen MR) is 60.1 cm³/mol. The second kappa shape index (κ2) is 4.70. The summed E-state index contributed by atoms with van der Waals surface area (Å²) in [5.74, 6) is 1.04. The summed E-state index contributed by atoms with van der Waals surface area (Å²) in [4.78, 5) is 2.14. The van der Waals surface area contributed by atoms with E-state index in [2.05, 4.69) is 47.6 Å². The van der Waals surface area contributed by atoms with Gasteiger partial charge < -0.3 is 9.47 Å². The van der Waals surface area contributed by atoms with E-state index >= 15 is 0 Å². The molecule has 0 aliphatic rings. The van der Waals surface area contributed by atoms with Gasteiger partial charge in [0.1, 0.15) is 5.82 Å². The van der Waals surface area contributed by atoms with Gasteiger partial charge in [0.15, 0.2) is 4.77 Å². The first-order chi connectivity index (χ1) is 6.52. The summed E-state index contributed by atoms with van der Waals surface area (Å²) in [6.45, 7) is 5.22. The van der Waals surface area contributed by atoms with E-state index in [1.54, 1.807) is 0 Å². The first-order valence-corrected chi connectivity index (χ1v) is 5.23. The lowest BCUT2D eigenvalue weighted by molar-refractivity contribution is 0.402. The second-order valence-electron chi connectivity index (χ2n) is 3.96. The Kier molecular flexibility index (Phi) is 3.83. The van der Waals surface area contributed by atoms with Crippen LogP contribution in [0, 0.1) is 4.77 Å². The first kappa shape index (κ1) is 11.4. The maximum Gasteiger partial charge on any atom is 0.195 e. The van der Waals surface area contributed by atoms with Crippen molar-refractivity contribution in [1.82, 2.24) is 19.7 Å². The van der Waals surface area contributed by atoms with Crippen LogP contribution in [0.3, 0.4) is 0 Å². The minimum absolute atomic E-state index is 0.374. The summed E-state index contributed by atoms with van der Waals surface area (Å²) in [5.41, 5.74) is 0. The van der Waals surface area contributed by atoms with Crippen LogP contribution in [0.25, 0.3) is 0 Å². The molecule has 0 radical (unpaired) electrons. The van der Waals surface area contributed by atoms with E-state index in [9.17, 15) is 0 Å². The summed E-state index contributed by atoms with van der Waals surface area (Å²) < 4.78 is 2.78. The second-order valence-corrected chi connectivity index (χ2v) is 4.35. The quantitative estimate of drug-likeness (QED) is 0.774. The normalized spacial score (nSPS) is 11.6. The highest BCUT2D eigenvalue weighted by Crippen LogP contribution is 2.08. The Hall–Kier alpha value is -0.680. The smallest absolute Gasteiger partial charge is 0.195 e. The molecule has 1 aromatic rings. The van der Waals surface area contributed by atoms with Crippen molar-refractivity contribution in [3.05, 3.63) is 10.6 Å². The molecule has 0 aliphatic heterocycles. The average Bonchev–Trinajstić information content (AvgIpc) is 2.43. The monoisotopic (exact) mass is 214 g/mol. The topological polar surface area (TPSA) is 36.9 Å². The van der Waals surface area contributed by atoms with Gasteiger partial charge in [0, 0.05) is 19.0 Å². The molecule has 80 valence electrons. The molecule has 1 aromatic heterocycles. The minimum atomic E-state index is 0.374. The van der Waals surface area contributed by atoms with Crippen molar-refractivity contribution in [2.45, 2.75) is 26.3 Å². The van der Waals surface area contributed by atoms with E-state index < -0.39 is 0 Å². The molecular weight excluding hydrogens is 196 g/mol. The van der Waals surface area contributed by atoms with E-state index in [-0.39, 0.29) is 0 Å².